The molecule has 100 valence electrons. The highest BCUT2D eigenvalue weighted by atomic mass is 16.4. The number of benzene rings is 1. The molecule has 0 aromatic heterocycles. The Morgan fingerprint density at radius 1 is 1.17 bits per heavy atom. The SMILES string of the molecule is CC(CC(C(C)C)C(O)c1ccccc1)C(=O)O. The fraction of sp³-hybridized carbons (Fsp3) is 0.533. The number of aliphatic hydroxyl groups is 1. The van der Waals surface area contributed by atoms with Crippen molar-refractivity contribution in [2.45, 2.75) is 33.3 Å². The van der Waals surface area contributed by atoms with Crippen LogP contribution in [-0.2, 0) is 4.79 Å². The van der Waals surface area contributed by atoms with Gasteiger partial charge in [0, 0.05) is 0 Å². The van der Waals surface area contributed by atoms with Gasteiger partial charge in [0.1, 0.15) is 0 Å². The molecule has 1 rings (SSSR count). The number of carbonyl (C=O) groups is 1. The van der Waals surface area contributed by atoms with Gasteiger partial charge in [-0.05, 0) is 23.8 Å². The molecule has 0 aliphatic rings. The molecule has 3 heteroatoms. The normalized spacial score (nSPS) is 16.3. The molecule has 0 radical (unpaired) electrons. The van der Waals surface area contributed by atoms with Crippen LogP contribution in [-0.4, -0.2) is 16.2 Å². The van der Waals surface area contributed by atoms with E-state index in [2.05, 4.69) is 0 Å². The summed E-state index contributed by atoms with van der Waals surface area (Å²) < 4.78 is 0. The van der Waals surface area contributed by atoms with Gasteiger partial charge in [-0.2, -0.15) is 0 Å². The van der Waals surface area contributed by atoms with Crippen molar-refractivity contribution in [2.24, 2.45) is 17.8 Å². The van der Waals surface area contributed by atoms with Gasteiger partial charge < -0.3 is 10.2 Å². The third-order valence-corrected chi connectivity index (χ3v) is 3.45. The van der Waals surface area contributed by atoms with Gasteiger partial charge in [0.2, 0.25) is 0 Å². The molecule has 3 nitrogen and oxygen atoms in total. The predicted octanol–water partition coefficient (Wildman–Crippen LogP) is 3.10. The summed E-state index contributed by atoms with van der Waals surface area (Å²) in [6.07, 6.45) is -0.115. The molecule has 0 aliphatic heterocycles. The highest BCUT2D eigenvalue weighted by Crippen LogP contribution is 2.33. The van der Waals surface area contributed by atoms with E-state index in [0.29, 0.717) is 6.42 Å². The lowest BCUT2D eigenvalue weighted by atomic mass is 9.80. The van der Waals surface area contributed by atoms with Gasteiger partial charge in [-0.25, -0.2) is 0 Å². The Balaban J connectivity index is 2.82. The number of aliphatic carboxylic acids is 1. The van der Waals surface area contributed by atoms with Crippen molar-refractivity contribution >= 4 is 5.97 Å². The Labute approximate surface area is 108 Å². The van der Waals surface area contributed by atoms with Crippen LogP contribution in [0.1, 0.15) is 38.9 Å². The Kier molecular flexibility index (Phi) is 5.35. The molecule has 3 atom stereocenters. The quantitative estimate of drug-likeness (QED) is 0.815. The molecule has 0 saturated heterocycles. The van der Waals surface area contributed by atoms with Crippen molar-refractivity contribution in [2.75, 3.05) is 0 Å². The fourth-order valence-electron chi connectivity index (χ4n) is 2.17. The van der Waals surface area contributed by atoms with Crippen LogP contribution in [0.3, 0.4) is 0 Å². The first-order valence-corrected chi connectivity index (χ1v) is 6.39. The second kappa shape index (κ2) is 6.55. The van der Waals surface area contributed by atoms with Crippen molar-refractivity contribution in [3.05, 3.63) is 35.9 Å². The summed E-state index contributed by atoms with van der Waals surface area (Å²) >= 11 is 0. The molecule has 0 aliphatic carbocycles. The second-order valence-corrected chi connectivity index (χ2v) is 5.24. The van der Waals surface area contributed by atoms with E-state index in [1.165, 1.54) is 0 Å². The van der Waals surface area contributed by atoms with E-state index in [-0.39, 0.29) is 11.8 Å². The summed E-state index contributed by atoms with van der Waals surface area (Å²) in [5.41, 5.74) is 0.855. The summed E-state index contributed by atoms with van der Waals surface area (Å²) in [5, 5.41) is 19.4. The van der Waals surface area contributed by atoms with Gasteiger partial charge in [0.05, 0.1) is 12.0 Å². The van der Waals surface area contributed by atoms with Crippen molar-refractivity contribution < 1.29 is 15.0 Å². The van der Waals surface area contributed by atoms with E-state index in [1.54, 1.807) is 6.92 Å². The Morgan fingerprint density at radius 2 is 1.72 bits per heavy atom. The molecule has 0 heterocycles. The van der Waals surface area contributed by atoms with Crippen LogP contribution in [0.4, 0.5) is 0 Å². The van der Waals surface area contributed by atoms with Gasteiger partial charge in [0.15, 0.2) is 0 Å². The highest BCUT2D eigenvalue weighted by Gasteiger charge is 2.27. The van der Waals surface area contributed by atoms with Gasteiger partial charge in [-0.15, -0.1) is 0 Å². The monoisotopic (exact) mass is 250 g/mol. The maximum Gasteiger partial charge on any atom is 0.306 e. The van der Waals surface area contributed by atoms with Crippen LogP contribution < -0.4 is 0 Å². The Hall–Kier alpha value is -1.35. The van der Waals surface area contributed by atoms with Gasteiger partial charge in [0.25, 0.3) is 0 Å². The zero-order valence-corrected chi connectivity index (χ0v) is 11.2. The molecule has 0 fully saturated rings. The topological polar surface area (TPSA) is 57.5 Å². The van der Waals surface area contributed by atoms with E-state index in [4.69, 9.17) is 5.11 Å². The van der Waals surface area contributed by atoms with Crippen molar-refractivity contribution in [1.82, 2.24) is 0 Å². The zero-order valence-electron chi connectivity index (χ0n) is 11.2. The molecular weight excluding hydrogens is 228 g/mol. The lowest BCUT2D eigenvalue weighted by Crippen LogP contribution is -2.24. The van der Waals surface area contributed by atoms with Gasteiger partial charge >= 0.3 is 5.97 Å². The minimum absolute atomic E-state index is 0.0431. The van der Waals surface area contributed by atoms with Crippen molar-refractivity contribution in [1.29, 1.82) is 0 Å². The Morgan fingerprint density at radius 3 is 2.17 bits per heavy atom. The lowest BCUT2D eigenvalue weighted by molar-refractivity contribution is -0.142. The average Bonchev–Trinajstić information content (AvgIpc) is 2.35. The smallest absolute Gasteiger partial charge is 0.306 e. The lowest BCUT2D eigenvalue weighted by Gasteiger charge is -2.28. The largest absolute Gasteiger partial charge is 0.481 e. The molecule has 1 aromatic carbocycles. The minimum Gasteiger partial charge on any atom is -0.481 e. The molecule has 3 unspecified atom stereocenters. The highest BCUT2D eigenvalue weighted by molar-refractivity contribution is 5.69. The minimum atomic E-state index is -0.805. The van der Waals surface area contributed by atoms with Crippen LogP contribution in [0.5, 0.6) is 0 Å². The van der Waals surface area contributed by atoms with E-state index >= 15 is 0 Å². The number of hydrogen-bond donors (Lipinski definition) is 2. The summed E-state index contributed by atoms with van der Waals surface area (Å²) in [4.78, 5) is 10.9. The van der Waals surface area contributed by atoms with Crippen LogP contribution in [0.25, 0.3) is 0 Å². The number of carboxylic acid groups (broad SMARTS) is 1. The number of hydrogen-bond acceptors (Lipinski definition) is 2. The molecule has 18 heavy (non-hydrogen) atoms. The number of carboxylic acids is 1. The van der Waals surface area contributed by atoms with Crippen LogP contribution in [0.15, 0.2) is 30.3 Å². The Bertz CT molecular complexity index is 373. The maximum absolute atomic E-state index is 10.9. The van der Waals surface area contributed by atoms with Crippen LogP contribution in [0, 0.1) is 17.8 Å². The third-order valence-electron chi connectivity index (χ3n) is 3.45. The third kappa shape index (κ3) is 3.84. The van der Waals surface area contributed by atoms with Crippen LogP contribution in [0.2, 0.25) is 0 Å². The molecule has 0 amide bonds. The summed E-state index contributed by atoms with van der Waals surface area (Å²) in [7, 11) is 0. The molecular formula is C15H22O3. The summed E-state index contributed by atoms with van der Waals surface area (Å²) in [6, 6.07) is 9.44. The second-order valence-electron chi connectivity index (χ2n) is 5.24. The number of rotatable bonds is 6. The van der Waals surface area contributed by atoms with Gasteiger partial charge in [-0.3, -0.25) is 4.79 Å². The van der Waals surface area contributed by atoms with Crippen molar-refractivity contribution in [3.8, 4) is 0 Å². The number of aliphatic hydroxyl groups excluding tert-OH is 1. The molecule has 0 spiro atoms. The van der Waals surface area contributed by atoms with Crippen LogP contribution >= 0.6 is 0 Å². The fourth-order valence-corrected chi connectivity index (χ4v) is 2.17. The zero-order chi connectivity index (χ0) is 13.7. The standard InChI is InChI=1S/C15H22O3/c1-10(2)13(9-11(3)15(17)18)14(16)12-7-5-4-6-8-12/h4-8,10-11,13-14,16H,9H2,1-3H3,(H,17,18). The average molecular weight is 250 g/mol. The molecule has 2 N–H and O–H groups in total. The van der Waals surface area contributed by atoms with Gasteiger partial charge in [-0.1, -0.05) is 51.1 Å². The van der Waals surface area contributed by atoms with Crippen molar-refractivity contribution in [3.63, 3.8) is 0 Å². The van der Waals surface area contributed by atoms with E-state index < -0.39 is 18.0 Å². The summed E-state index contributed by atoms with van der Waals surface area (Å²) in [6.45, 7) is 5.73. The molecule has 0 saturated carbocycles. The molecule has 0 bridgehead atoms. The first-order valence-electron chi connectivity index (χ1n) is 6.39. The van der Waals surface area contributed by atoms with E-state index in [1.807, 2.05) is 44.2 Å². The predicted molar refractivity (Wildman–Crippen MR) is 71.1 cm³/mol. The molecule has 1 aromatic rings. The first-order chi connectivity index (χ1) is 8.43. The summed E-state index contributed by atoms with van der Waals surface area (Å²) in [5.74, 6) is -1.04. The van der Waals surface area contributed by atoms with E-state index in [0.717, 1.165) is 5.56 Å². The first kappa shape index (κ1) is 14.7. The van der Waals surface area contributed by atoms with E-state index in [9.17, 15) is 9.90 Å². The maximum atomic E-state index is 10.9.